The topological polar surface area (TPSA) is 9.23 Å². The van der Waals surface area contributed by atoms with Gasteiger partial charge in [-0.25, -0.2) is 0 Å². The third-order valence-electron chi connectivity index (χ3n) is 2.36. The Morgan fingerprint density at radius 3 is 3.27 bits per heavy atom. The highest BCUT2D eigenvalue weighted by molar-refractivity contribution is 5.45. The minimum atomic E-state index is 0.583. The van der Waals surface area contributed by atoms with Crippen molar-refractivity contribution in [2.45, 2.75) is 5.92 Å². The van der Waals surface area contributed by atoms with E-state index in [-0.39, 0.29) is 0 Å². The Morgan fingerprint density at radius 1 is 1.36 bits per heavy atom. The van der Waals surface area contributed by atoms with Crippen molar-refractivity contribution in [1.29, 1.82) is 0 Å². The van der Waals surface area contributed by atoms with Crippen LogP contribution in [0.25, 0.3) is 0 Å². The van der Waals surface area contributed by atoms with E-state index < -0.39 is 0 Å². The molecule has 1 nitrogen and oxygen atoms in total. The van der Waals surface area contributed by atoms with Gasteiger partial charge in [-0.05, 0) is 18.1 Å². The maximum atomic E-state index is 5.51. The molecule has 1 aliphatic carbocycles. The largest absolute Gasteiger partial charge is 0.493 e. The average molecular weight is 144 g/mol. The van der Waals surface area contributed by atoms with Crippen LogP contribution in [0.5, 0.6) is 5.75 Å². The lowest BCUT2D eigenvalue weighted by atomic mass is 10.1. The summed E-state index contributed by atoms with van der Waals surface area (Å²) in [6.45, 7) is 0.835. The first-order valence-electron chi connectivity index (χ1n) is 3.93. The number of hydrogen-bond donors (Lipinski definition) is 0. The van der Waals surface area contributed by atoms with E-state index in [1.165, 1.54) is 5.56 Å². The Bertz CT molecular complexity index is 293. The third-order valence-corrected chi connectivity index (χ3v) is 2.36. The van der Waals surface area contributed by atoms with E-state index in [0.717, 1.165) is 12.4 Å². The molecule has 1 saturated carbocycles. The van der Waals surface area contributed by atoms with Crippen LogP contribution in [0.2, 0.25) is 0 Å². The molecule has 1 aliphatic heterocycles. The summed E-state index contributed by atoms with van der Waals surface area (Å²) in [6, 6.07) is 8.24. The predicted molar refractivity (Wildman–Crippen MR) is 41.4 cm³/mol. The molecule has 1 aromatic carbocycles. The van der Waals surface area contributed by atoms with Gasteiger partial charge in [0.25, 0.3) is 0 Å². The lowest BCUT2D eigenvalue weighted by Crippen LogP contribution is -2.07. The van der Waals surface area contributed by atoms with Crippen LogP contribution < -0.4 is 4.74 Å². The van der Waals surface area contributed by atoms with Crippen LogP contribution in [0.3, 0.4) is 0 Å². The molecular formula is C10H8O. The SMILES string of the molecule is [C]1C2COc3ccccc3C12. The van der Waals surface area contributed by atoms with Crippen molar-refractivity contribution in [2.75, 3.05) is 6.61 Å². The zero-order chi connectivity index (χ0) is 7.26. The molecule has 1 heteroatoms. The van der Waals surface area contributed by atoms with Crippen molar-refractivity contribution < 1.29 is 4.74 Å². The van der Waals surface area contributed by atoms with Crippen LogP contribution >= 0.6 is 0 Å². The van der Waals surface area contributed by atoms with Gasteiger partial charge in [0, 0.05) is 11.8 Å². The highest BCUT2D eigenvalue weighted by Gasteiger charge is 2.44. The van der Waals surface area contributed by atoms with Gasteiger partial charge in [-0.3, -0.25) is 0 Å². The first kappa shape index (κ1) is 5.64. The maximum absolute atomic E-state index is 5.51. The van der Waals surface area contributed by atoms with Crippen LogP contribution in [-0.2, 0) is 0 Å². The van der Waals surface area contributed by atoms with Gasteiger partial charge in [0.15, 0.2) is 0 Å². The number of fused-ring (bicyclic) bond motifs is 3. The second-order valence-corrected chi connectivity index (χ2v) is 3.10. The summed E-state index contributed by atoms with van der Waals surface area (Å²) in [5.74, 6) is 2.23. The summed E-state index contributed by atoms with van der Waals surface area (Å²) >= 11 is 0. The normalized spacial score (nSPS) is 31.6. The van der Waals surface area contributed by atoms with Gasteiger partial charge in [0.05, 0.1) is 6.61 Å². The van der Waals surface area contributed by atoms with Gasteiger partial charge in [0.1, 0.15) is 5.75 Å². The van der Waals surface area contributed by atoms with Crippen molar-refractivity contribution in [1.82, 2.24) is 0 Å². The number of hydrogen-bond acceptors (Lipinski definition) is 1. The molecule has 1 aromatic rings. The van der Waals surface area contributed by atoms with Crippen molar-refractivity contribution >= 4 is 0 Å². The van der Waals surface area contributed by atoms with E-state index in [0.29, 0.717) is 11.8 Å². The van der Waals surface area contributed by atoms with E-state index >= 15 is 0 Å². The van der Waals surface area contributed by atoms with Gasteiger partial charge >= 0.3 is 0 Å². The van der Waals surface area contributed by atoms with Crippen molar-refractivity contribution in [2.24, 2.45) is 5.92 Å². The highest BCUT2D eigenvalue weighted by atomic mass is 16.5. The second kappa shape index (κ2) is 1.79. The third kappa shape index (κ3) is 0.710. The fraction of sp³-hybridized carbons (Fsp3) is 0.300. The quantitative estimate of drug-likeness (QED) is 0.540. The number of benzene rings is 1. The predicted octanol–water partition coefficient (Wildman–Crippen LogP) is 1.87. The van der Waals surface area contributed by atoms with Gasteiger partial charge < -0.3 is 4.74 Å². The summed E-state index contributed by atoms with van der Waals surface area (Å²) in [4.78, 5) is 0. The minimum Gasteiger partial charge on any atom is -0.493 e. The summed E-state index contributed by atoms with van der Waals surface area (Å²) in [5.41, 5.74) is 1.32. The molecular weight excluding hydrogens is 136 g/mol. The Balaban J connectivity index is 2.14. The molecule has 1 heterocycles. The summed E-state index contributed by atoms with van der Waals surface area (Å²) < 4.78 is 5.51. The van der Waals surface area contributed by atoms with Crippen LogP contribution in [-0.4, -0.2) is 6.61 Å². The molecule has 1 fully saturated rings. The molecule has 2 unspecified atom stereocenters. The van der Waals surface area contributed by atoms with E-state index in [1.54, 1.807) is 0 Å². The molecule has 11 heavy (non-hydrogen) atoms. The van der Waals surface area contributed by atoms with Crippen LogP contribution in [0.1, 0.15) is 11.5 Å². The van der Waals surface area contributed by atoms with E-state index in [9.17, 15) is 0 Å². The van der Waals surface area contributed by atoms with E-state index in [2.05, 4.69) is 18.6 Å². The van der Waals surface area contributed by atoms with Crippen molar-refractivity contribution in [3.8, 4) is 5.75 Å². The maximum Gasteiger partial charge on any atom is 0.122 e. The van der Waals surface area contributed by atoms with Gasteiger partial charge in [-0.1, -0.05) is 18.2 Å². The van der Waals surface area contributed by atoms with E-state index in [1.807, 2.05) is 12.1 Å². The zero-order valence-electron chi connectivity index (χ0n) is 6.08. The Hall–Kier alpha value is -0.980. The molecule has 3 rings (SSSR count). The van der Waals surface area contributed by atoms with Crippen LogP contribution in [0, 0.1) is 12.3 Å². The van der Waals surface area contributed by atoms with Gasteiger partial charge in [0.2, 0.25) is 0 Å². The second-order valence-electron chi connectivity index (χ2n) is 3.10. The van der Waals surface area contributed by atoms with Crippen LogP contribution in [0.4, 0.5) is 0 Å². The van der Waals surface area contributed by atoms with E-state index in [4.69, 9.17) is 4.74 Å². The molecule has 0 N–H and O–H groups in total. The minimum absolute atomic E-state index is 0.583. The fourth-order valence-electron chi connectivity index (χ4n) is 1.67. The lowest BCUT2D eigenvalue weighted by Gasteiger charge is -2.15. The zero-order valence-corrected chi connectivity index (χ0v) is 6.08. The molecule has 0 bridgehead atoms. The molecule has 0 amide bonds. The first-order valence-corrected chi connectivity index (χ1v) is 3.93. The molecule has 2 radical (unpaired) electrons. The average Bonchev–Trinajstić information content (AvgIpc) is 2.83. The molecule has 0 spiro atoms. The van der Waals surface area contributed by atoms with Crippen molar-refractivity contribution in [3.05, 3.63) is 36.2 Å². The summed E-state index contributed by atoms with van der Waals surface area (Å²) in [6.07, 6.45) is 3.36. The van der Waals surface area contributed by atoms with Crippen molar-refractivity contribution in [3.63, 3.8) is 0 Å². The van der Waals surface area contributed by atoms with Gasteiger partial charge in [-0.2, -0.15) is 0 Å². The molecule has 2 atom stereocenters. The first-order chi connectivity index (χ1) is 5.45. The number of ether oxygens (including phenoxy) is 1. The Kier molecular flexibility index (Phi) is 0.916. The Labute approximate surface area is 66.0 Å². The smallest absolute Gasteiger partial charge is 0.122 e. The monoisotopic (exact) mass is 144 g/mol. The lowest BCUT2D eigenvalue weighted by molar-refractivity contribution is 0.281. The highest BCUT2D eigenvalue weighted by Crippen LogP contribution is 2.52. The fourth-order valence-corrected chi connectivity index (χ4v) is 1.67. The standard InChI is InChI=1S/C10H8O/c1-2-4-10-8(3-1)9-5-7(9)6-11-10/h1-4,7,9H,6H2. The summed E-state index contributed by atoms with van der Waals surface area (Å²) in [7, 11) is 0. The molecule has 2 aliphatic rings. The number of para-hydroxylation sites is 1. The Morgan fingerprint density at radius 2 is 2.27 bits per heavy atom. The molecule has 0 aromatic heterocycles. The molecule has 0 saturated heterocycles. The van der Waals surface area contributed by atoms with Gasteiger partial charge in [-0.15, -0.1) is 0 Å². The number of rotatable bonds is 0. The molecule has 54 valence electrons. The van der Waals surface area contributed by atoms with Crippen LogP contribution in [0.15, 0.2) is 24.3 Å². The summed E-state index contributed by atoms with van der Waals surface area (Å²) in [5, 5.41) is 0.